The number of hydrogen-bond acceptors (Lipinski definition) is 11. The topological polar surface area (TPSA) is 185 Å². The summed E-state index contributed by atoms with van der Waals surface area (Å²) in [5.41, 5.74) is 6.12. The molecule has 246 valence electrons. The van der Waals surface area contributed by atoms with Crippen LogP contribution in [0.4, 0.5) is 4.79 Å². The molecule has 1 aromatic carbocycles. The van der Waals surface area contributed by atoms with Crippen LogP contribution in [-0.2, 0) is 44.7 Å². The lowest BCUT2D eigenvalue weighted by Crippen LogP contribution is -2.26. The first-order valence-corrected chi connectivity index (χ1v) is 14.9. The Kier molecular flexibility index (Phi) is 22.8. The normalized spacial score (nSPS) is 17.3. The lowest BCUT2D eigenvalue weighted by molar-refractivity contribution is -0.169. The number of carbonyl (C=O) groups is 4. The largest absolute Gasteiger partial charge is 0.481 e. The molecule has 2 saturated heterocycles. The summed E-state index contributed by atoms with van der Waals surface area (Å²) < 4.78 is 26.1. The predicted molar refractivity (Wildman–Crippen MR) is 162 cm³/mol. The summed E-state index contributed by atoms with van der Waals surface area (Å²) in [6.45, 7) is 6.16. The maximum Gasteiger partial charge on any atom is 0.407 e. The minimum absolute atomic E-state index is 0.0446. The minimum atomic E-state index is -0.955. The van der Waals surface area contributed by atoms with Crippen molar-refractivity contribution >= 4 is 29.5 Å². The zero-order chi connectivity index (χ0) is 32.3. The minimum Gasteiger partial charge on any atom is -0.481 e. The van der Waals surface area contributed by atoms with Gasteiger partial charge < -0.3 is 39.8 Å². The Hall–Kier alpha value is -3.45. The summed E-state index contributed by atoms with van der Waals surface area (Å²) in [5, 5.41) is 10.7. The molecule has 0 spiro atoms. The fourth-order valence-corrected chi connectivity index (χ4v) is 3.67. The Bertz CT molecular complexity index is 990. The van der Waals surface area contributed by atoms with Crippen LogP contribution in [0.5, 0.6) is 0 Å². The smallest absolute Gasteiger partial charge is 0.407 e. The third-order valence-electron chi connectivity index (χ3n) is 5.99. The third kappa shape index (κ3) is 22.1. The number of ether oxygens (including phenoxy) is 5. The standard InChI is InChI=1S/C11H13NO4.C11H17NO3.C9H17NO3/c13-10(14)6-7-12-11(15)16-8-9-4-2-1-3-5-9;1-2-12-7-6-10(13)9-15-11-5-3-4-8-14-11;10-5-4-8(11)7-13-9-3-1-2-6-12-9/h1-5H,6-8H2,(H,12,15)(H,13,14);11H,1,3-9H2;9H,1-7,10H2. The van der Waals surface area contributed by atoms with Crippen LogP contribution in [-0.4, -0.2) is 93.2 Å². The molecule has 0 bridgehead atoms. The van der Waals surface area contributed by atoms with Gasteiger partial charge in [0.05, 0.1) is 13.0 Å². The number of carbonyl (C=O) groups excluding carboxylic acids is 3. The lowest BCUT2D eigenvalue weighted by Gasteiger charge is -2.22. The summed E-state index contributed by atoms with van der Waals surface area (Å²) in [6.07, 6.45) is 5.90. The van der Waals surface area contributed by atoms with E-state index in [1.54, 1.807) is 0 Å². The molecule has 2 unspecified atom stereocenters. The van der Waals surface area contributed by atoms with Crippen molar-refractivity contribution in [3.8, 4) is 0 Å². The second-order valence-corrected chi connectivity index (χ2v) is 9.75. The number of nitrogens with two attached hydrogens (primary N) is 1. The highest BCUT2D eigenvalue weighted by Crippen LogP contribution is 2.14. The van der Waals surface area contributed by atoms with Crippen molar-refractivity contribution in [2.75, 3.05) is 46.1 Å². The van der Waals surface area contributed by atoms with Crippen molar-refractivity contribution < 1.29 is 48.0 Å². The Morgan fingerprint density at radius 3 is 2.02 bits per heavy atom. The summed E-state index contributed by atoms with van der Waals surface area (Å²) in [5.74, 6) is 1.53. The van der Waals surface area contributed by atoms with E-state index in [1.165, 1.54) is 0 Å². The quantitative estimate of drug-likeness (QED) is 0.230. The average Bonchev–Trinajstić information content (AvgIpc) is 3.04. The monoisotopic (exact) mass is 621 g/mol. The molecule has 2 heterocycles. The molecule has 2 fully saturated rings. The van der Waals surface area contributed by atoms with E-state index in [1.807, 2.05) is 30.3 Å². The van der Waals surface area contributed by atoms with Crippen molar-refractivity contribution in [2.24, 2.45) is 10.7 Å². The lowest BCUT2D eigenvalue weighted by atomic mass is 10.2. The number of alkyl carbamates (subject to hydrolysis) is 1. The molecule has 0 saturated carbocycles. The van der Waals surface area contributed by atoms with E-state index in [2.05, 4.69) is 22.8 Å². The molecule has 1 aromatic rings. The molecule has 44 heavy (non-hydrogen) atoms. The highest BCUT2D eigenvalue weighted by molar-refractivity contribution is 5.80. The van der Waals surface area contributed by atoms with Crippen LogP contribution < -0.4 is 11.1 Å². The number of amides is 1. The summed E-state index contributed by atoms with van der Waals surface area (Å²) >= 11 is 0. The SMILES string of the molecule is C=C=NCCC(=O)COC1CCCCO1.NCCC(=O)COC1CCCCO1.O=C(O)CCNC(=O)OCc1ccccc1. The second-order valence-electron chi connectivity index (χ2n) is 9.75. The van der Waals surface area contributed by atoms with E-state index >= 15 is 0 Å². The van der Waals surface area contributed by atoms with Crippen LogP contribution in [0.25, 0.3) is 0 Å². The number of carboxylic acid groups (broad SMARTS) is 1. The first-order chi connectivity index (χ1) is 21.3. The number of rotatable bonds is 16. The number of aliphatic carboxylic acids is 1. The zero-order valence-corrected chi connectivity index (χ0v) is 25.4. The molecule has 0 radical (unpaired) electrons. The second kappa shape index (κ2) is 26.0. The fraction of sp³-hybridized carbons (Fsp3) is 0.613. The number of Topliss-reactive ketones (excluding diaryl/α,β-unsaturated/α-hetero) is 2. The first-order valence-electron chi connectivity index (χ1n) is 14.9. The van der Waals surface area contributed by atoms with Crippen molar-refractivity contribution in [1.82, 2.24) is 5.32 Å². The average molecular weight is 622 g/mol. The number of ketones is 2. The summed E-state index contributed by atoms with van der Waals surface area (Å²) in [4.78, 5) is 47.3. The van der Waals surface area contributed by atoms with Gasteiger partial charge in [0.1, 0.15) is 19.8 Å². The van der Waals surface area contributed by atoms with Crippen LogP contribution in [0.15, 0.2) is 41.9 Å². The van der Waals surface area contributed by atoms with E-state index in [0.29, 0.717) is 25.9 Å². The first kappa shape index (κ1) is 38.6. The maximum absolute atomic E-state index is 11.3. The number of benzene rings is 1. The molecule has 2 aliphatic rings. The molecule has 2 aliphatic heterocycles. The van der Waals surface area contributed by atoms with E-state index in [9.17, 15) is 19.2 Å². The van der Waals surface area contributed by atoms with Gasteiger partial charge in [0, 0.05) is 32.6 Å². The van der Waals surface area contributed by atoms with Crippen LogP contribution in [0.2, 0.25) is 0 Å². The molecule has 2 atom stereocenters. The van der Waals surface area contributed by atoms with E-state index in [-0.39, 0.29) is 56.9 Å². The van der Waals surface area contributed by atoms with Crippen molar-refractivity contribution in [3.63, 3.8) is 0 Å². The van der Waals surface area contributed by atoms with Crippen molar-refractivity contribution in [2.45, 2.75) is 77.0 Å². The zero-order valence-electron chi connectivity index (χ0n) is 25.4. The molecule has 13 nitrogen and oxygen atoms in total. The van der Waals surface area contributed by atoms with Gasteiger partial charge in [-0.15, -0.1) is 0 Å². The Morgan fingerprint density at radius 2 is 1.52 bits per heavy atom. The van der Waals surface area contributed by atoms with Crippen LogP contribution >= 0.6 is 0 Å². The maximum atomic E-state index is 11.3. The highest BCUT2D eigenvalue weighted by atomic mass is 16.7. The number of carboxylic acids is 1. The number of nitrogens with zero attached hydrogens (tertiary/aromatic N) is 1. The number of nitrogens with one attached hydrogen (secondary N) is 1. The van der Waals surface area contributed by atoms with Gasteiger partial charge in [-0.25, -0.2) is 9.79 Å². The number of aliphatic imine (C=N–C) groups is 1. The van der Waals surface area contributed by atoms with E-state index < -0.39 is 12.1 Å². The van der Waals surface area contributed by atoms with Gasteiger partial charge in [-0.2, -0.15) is 0 Å². The van der Waals surface area contributed by atoms with Crippen molar-refractivity contribution in [3.05, 3.63) is 42.5 Å². The predicted octanol–water partition coefficient (Wildman–Crippen LogP) is 3.18. The molecule has 13 heteroatoms. The molecular formula is C31H47N3O10. The van der Waals surface area contributed by atoms with Gasteiger partial charge in [0.15, 0.2) is 24.1 Å². The summed E-state index contributed by atoms with van der Waals surface area (Å²) in [7, 11) is 0. The molecule has 3 rings (SSSR count). The molecule has 0 aromatic heterocycles. The molecular weight excluding hydrogens is 574 g/mol. The summed E-state index contributed by atoms with van der Waals surface area (Å²) in [6, 6.07) is 9.24. The third-order valence-corrected chi connectivity index (χ3v) is 5.99. The van der Waals surface area contributed by atoms with Gasteiger partial charge in [0.25, 0.3) is 0 Å². The Balaban J connectivity index is 0.000000332. The van der Waals surface area contributed by atoms with Crippen LogP contribution in [0.1, 0.15) is 63.4 Å². The Morgan fingerprint density at radius 1 is 0.932 bits per heavy atom. The van der Waals surface area contributed by atoms with E-state index in [0.717, 1.165) is 57.3 Å². The number of hydrogen-bond donors (Lipinski definition) is 3. The molecule has 0 aliphatic carbocycles. The van der Waals surface area contributed by atoms with Gasteiger partial charge in [-0.05, 0) is 63.1 Å². The van der Waals surface area contributed by atoms with Gasteiger partial charge in [-0.1, -0.05) is 30.3 Å². The van der Waals surface area contributed by atoms with Crippen LogP contribution in [0, 0.1) is 0 Å². The van der Waals surface area contributed by atoms with Crippen LogP contribution in [0.3, 0.4) is 0 Å². The molecule has 4 N–H and O–H groups in total. The Labute approximate surface area is 259 Å². The fourth-order valence-electron chi connectivity index (χ4n) is 3.67. The van der Waals surface area contributed by atoms with E-state index in [4.69, 9.17) is 34.5 Å². The van der Waals surface area contributed by atoms with Gasteiger partial charge in [0.2, 0.25) is 0 Å². The van der Waals surface area contributed by atoms with Crippen molar-refractivity contribution in [1.29, 1.82) is 0 Å². The van der Waals surface area contributed by atoms with Gasteiger partial charge in [-0.3, -0.25) is 14.4 Å². The highest BCUT2D eigenvalue weighted by Gasteiger charge is 2.16. The molecule has 1 amide bonds. The van der Waals surface area contributed by atoms with Gasteiger partial charge >= 0.3 is 12.1 Å².